The summed E-state index contributed by atoms with van der Waals surface area (Å²) in [7, 11) is 1.67. The highest BCUT2D eigenvalue weighted by molar-refractivity contribution is 5.33. The number of benzene rings is 2. The van der Waals surface area contributed by atoms with Gasteiger partial charge in [0.2, 0.25) is 0 Å². The largest absolute Gasteiger partial charge is 0.497 e. The molecule has 0 aromatic heterocycles. The number of ether oxygens (including phenoxy) is 2. The highest BCUT2D eigenvalue weighted by Crippen LogP contribution is 2.36. The van der Waals surface area contributed by atoms with E-state index in [1.54, 1.807) is 7.11 Å². The molecular formula is C19H23NO2. The lowest BCUT2D eigenvalue weighted by Gasteiger charge is -2.24. The zero-order valence-corrected chi connectivity index (χ0v) is 13.0. The molecule has 0 amide bonds. The second-order valence-electron chi connectivity index (χ2n) is 6.02. The average Bonchev–Trinajstić information content (AvgIpc) is 3.02. The van der Waals surface area contributed by atoms with Crippen LogP contribution in [0.2, 0.25) is 0 Å². The van der Waals surface area contributed by atoms with Crippen molar-refractivity contribution < 1.29 is 9.47 Å². The maximum Gasteiger partial charge on any atom is 0.119 e. The average molecular weight is 297 g/mol. The molecule has 0 atom stereocenters. The molecule has 0 unspecified atom stereocenters. The van der Waals surface area contributed by atoms with Gasteiger partial charge in [0.05, 0.1) is 7.11 Å². The molecule has 3 nitrogen and oxygen atoms in total. The molecule has 0 radical (unpaired) electrons. The maximum absolute atomic E-state index is 6.47. The van der Waals surface area contributed by atoms with Crippen LogP contribution in [0.4, 0.5) is 0 Å². The van der Waals surface area contributed by atoms with E-state index in [0.717, 1.165) is 29.9 Å². The topological polar surface area (TPSA) is 44.5 Å². The van der Waals surface area contributed by atoms with Gasteiger partial charge in [-0.3, -0.25) is 0 Å². The Labute approximate surface area is 132 Å². The third kappa shape index (κ3) is 3.25. The molecule has 22 heavy (non-hydrogen) atoms. The molecular weight excluding hydrogens is 274 g/mol. The van der Waals surface area contributed by atoms with Crippen molar-refractivity contribution >= 4 is 0 Å². The van der Waals surface area contributed by atoms with E-state index in [2.05, 4.69) is 12.1 Å². The third-order valence-corrected chi connectivity index (χ3v) is 4.49. The molecule has 3 rings (SSSR count). The van der Waals surface area contributed by atoms with Crippen LogP contribution < -0.4 is 15.2 Å². The standard InChI is InChI=1S/C19H23NO2/c1-21-17-8-4-15(5-9-17)14-22-18-10-6-16(7-11-18)19(20)12-2-3-13-19/h4-11H,2-3,12-14,20H2,1H3. The van der Waals surface area contributed by atoms with Crippen molar-refractivity contribution in [2.24, 2.45) is 5.73 Å². The summed E-state index contributed by atoms with van der Waals surface area (Å²) in [5, 5.41) is 0. The van der Waals surface area contributed by atoms with Crippen LogP contribution in [0.3, 0.4) is 0 Å². The summed E-state index contributed by atoms with van der Waals surface area (Å²) in [5.74, 6) is 1.74. The van der Waals surface area contributed by atoms with Gasteiger partial charge >= 0.3 is 0 Å². The van der Waals surface area contributed by atoms with Crippen molar-refractivity contribution in [2.75, 3.05) is 7.11 Å². The smallest absolute Gasteiger partial charge is 0.119 e. The van der Waals surface area contributed by atoms with E-state index in [4.69, 9.17) is 15.2 Å². The van der Waals surface area contributed by atoms with Crippen LogP contribution in [-0.4, -0.2) is 7.11 Å². The second-order valence-corrected chi connectivity index (χ2v) is 6.02. The number of rotatable bonds is 5. The Bertz CT molecular complexity index is 598. The Hall–Kier alpha value is -2.00. The summed E-state index contributed by atoms with van der Waals surface area (Å²) in [5.41, 5.74) is 8.68. The summed E-state index contributed by atoms with van der Waals surface area (Å²) in [6, 6.07) is 16.2. The lowest BCUT2D eigenvalue weighted by atomic mass is 9.89. The minimum Gasteiger partial charge on any atom is -0.497 e. The lowest BCUT2D eigenvalue weighted by molar-refractivity contribution is 0.305. The van der Waals surface area contributed by atoms with Crippen molar-refractivity contribution in [3.05, 3.63) is 59.7 Å². The zero-order chi connectivity index (χ0) is 15.4. The molecule has 2 aromatic rings. The monoisotopic (exact) mass is 297 g/mol. The first-order valence-electron chi connectivity index (χ1n) is 7.85. The van der Waals surface area contributed by atoms with Crippen LogP contribution in [0.1, 0.15) is 36.8 Å². The van der Waals surface area contributed by atoms with Crippen LogP contribution in [0, 0.1) is 0 Å². The van der Waals surface area contributed by atoms with Gasteiger partial charge < -0.3 is 15.2 Å². The molecule has 3 heteroatoms. The number of hydrogen-bond donors (Lipinski definition) is 1. The SMILES string of the molecule is COc1ccc(COc2ccc(C3(N)CCCC3)cc2)cc1. The summed E-state index contributed by atoms with van der Waals surface area (Å²) < 4.78 is 11.0. The third-order valence-electron chi connectivity index (χ3n) is 4.49. The molecule has 0 heterocycles. The van der Waals surface area contributed by atoms with E-state index in [9.17, 15) is 0 Å². The van der Waals surface area contributed by atoms with Crippen molar-refractivity contribution in [3.63, 3.8) is 0 Å². The van der Waals surface area contributed by atoms with Gasteiger partial charge in [-0.25, -0.2) is 0 Å². The lowest BCUT2D eigenvalue weighted by Crippen LogP contribution is -2.32. The molecule has 0 bridgehead atoms. The summed E-state index contributed by atoms with van der Waals surface area (Å²) in [6.45, 7) is 0.553. The first-order valence-corrected chi connectivity index (χ1v) is 7.85. The molecule has 2 N–H and O–H groups in total. The van der Waals surface area contributed by atoms with E-state index in [1.165, 1.54) is 18.4 Å². The summed E-state index contributed by atoms with van der Waals surface area (Å²) in [6.07, 6.45) is 4.62. The molecule has 2 aromatic carbocycles. The fourth-order valence-corrected chi connectivity index (χ4v) is 3.07. The number of methoxy groups -OCH3 is 1. The minimum atomic E-state index is -0.130. The first-order chi connectivity index (χ1) is 10.7. The molecule has 1 aliphatic carbocycles. The predicted molar refractivity (Wildman–Crippen MR) is 88.1 cm³/mol. The molecule has 0 spiro atoms. The van der Waals surface area contributed by atoms with Crippen LogP contribution in [0.15, 0.2) is 48.5 Å². The van der Waals surface area contributed by atoms with Crippen molar-refractivity contribution in [3.8, 4) is 11.5 Å². The van der Waals surface area contributed by atoms with E-state index in [1.807, 2.05) is 36.4 Å². The van der Waals surface area contributed by atoms with E-state index < -0.39 is 0 Å². The van der Waals surface area contributed by atoms with E-state index >= 15 is 0 Å². The van der Waals surface area contributed by atoms with Gasteiger partial charge in [-0.1, -0.05) is 37.1 Å². The molecule has 0 aliphatic heterocycles. The van der Waals surface area contributed by atoms with Crippen LogP contribution in [0.5, 0.6) is 11.5 Å². The predicted octanol–water partition coefficient (Wildman–Crippen LogP) is 4.00. The van der Waals surface area contributed by atoms with Crippen molar-refractivity contribution in [1.29, 1.82) is 0 Å². The minimum absolute atomic E-state index is 0.130. The fraction of sp³-hybridized carbons (Fsp3) is 0.368. The van der Waals surface area contributed by atoms with Gasteiger partial charge in [-0.05, 0) is 48.2 Å². The summed E-state index contributed by atoms with van der Waals surface area (Å²) >= 11 is 0. The number of hydrogen-bond acceptors (Lipinski definition) is 3. The van der Waals surface area contributed by atoms with Gasteiger partial charge in [0, 0.05) is 5.54 Å². The molecule has 1 aliphatic rings. The van der Waals surface area contributed by atoms with Gasteiger partial charge in [0.15, 0.2) is 0 Å². The van der Waals surface area contributed by atoms with Gasteiger partial charge in [0.25, 0.3) is 0 Å². The van der Waals surface area contributed by atoms with E-state index in [0.29, 0.717) is 6.61 Å². The van der Waals surface area contributed by atoms with E-state index in [-0.39, 0.29) is 5.54 Å². The summed E-state index contributed by atoms with van der Waals surface area (Å²) in [4.78, 5) is 0. The quantitative estimate of drug-likeness (QED) is 0.907. The van der Waals surface area contributed by atoms with Crippen LogP contribution >= 0.6 is 0 Å². The Morgan fingerprint density at radius 1 is 0.909 bits per heavy atom. The molecule has 1 fully saturated rings. The Morgan fingerprint density at radius 2 is 1.50 bits per heavy atom. The van der Waals surface area contributed by atoms with Gasteiger partial charge in [0.1, 0.15) is 18.1 Å². The second kappa shape index (κ2) is 6.41. The molecule has 0 saturated heterocycles. The maximum atomic E-state index is 6.47. The van der Waals surface area contributed by atoms with Crippen LogP contribution in [0.25, 0.3) is 0 Å². The Balaban J connectivity index is 1.61. The van der Waals surface area contributed by atoms with Crippen LogP contribution in [-0.2, 0) is 12.1 Å². The number of nitrogens with two attached hydrogens (primary N) is 1. The molecule has 1 saturated carbocycles. The van der Waals surface area contributed by atoms with Gasteiger partial charge in [-0.15, -0.1) is 0 Å². The Morgan fingerprint density at radius 3 is 2.09 bits per heavy atom. The van der Waals surface area contributed by atoms with Crippen molar-refractivity contribution in [1.82, 2.24) is 0 Å². The fourth-order valence-electron chi connectivity index (χ4n) is 3.07. The first kappa shape index (κ1) is 14.9. The Kier molecular flexibility index (Phi) is 4.34. The van der Waals surface area contributed by atoms with Crippen molar-refractivity contribution in [2.45, 2.75) is 37.8 Å². The van der Waals surface area contributed by atoms with Gasteiger partial charge in [-0.2, -0.15) is 0 Å². The highest BCUT2D eigenvalue weighted by Gasteiger charge is 2.30. The highest BCUT2D eigenvalue weighted by atomic mass is 16.5. The molecule has 116 valence electrons. The zero-order valence-electron chi connectivity index (χ0n) is 13.0. The normalized spacial score (nSPS) is 16.5.